The Labute approximate surface area is 151 Å². The Balaban J connectivity index is 2.28. The number of rotatable bonds is 0. The maximum absolute atomic E-state index is 10.3. The molecule has 0 spiro atoms. The van der Waals surface area contributed by atoms with Crippen LogP contribution in [0.15, 0.2) is 45.3 Å². The Morgan fingerprint density at radius 2 is 1.26 bits per heavy atom. The van der Waals surface area contributed by atoms with E-state index in [9.17, 15) is 5.11 Å². The third-order valence-electron chi connectivity index (χ3n) is 4.60. The number of phenolic OH excluding ortho intramolecular Hbond substituents is 1. The van der Waals surface area contributed by atoms with E-state index >= 15 is 0 Å². The van der Waals surface area contributed by atoms with Gasteiger partial charge < -0.3 is 5.11 Å². The Kier molecular flexibility index (Phi) is 3.20. The molecule has 1 N–H and O–H groups in total. The van der Waals surface area contributed by atoms with Crippen LogP contribution < -0.4 is 0 Å². The van der Waals surface area contributed by atoms with Crippen molar-refractivity contribution in [2.45, 2.75) is 26.2 Å². The molecule has 3 heteroatoms. The molecule has 23 heavy (non-hydrogen) atoms. The lowest BCUT2D eigenvalue weighted by molar-refractivity contribution is 0.470. The highest BCUT2D eigenvalue weighted by molar-refractivity contribution is 9.11. The SMILES string of the molecule is CC(C)(C)c1cc2ccc3c(Br)c(O)c(Br)c4ccc(c1)c2c34. The van der Waals surface area contributed by atoms with Crippen LogP contribution in [-0.2, 0) is 5.41 Å². The van der Waals surface area contributed by atoms with Crippen LogP contribution >= 0.6 is 31.9 Å². The smallest absolute Gasteiger partial charge is 0.145 e. The van der Waals surface area contributed by atoms with Crippen molar-refractivity contribution in [2.24, 2.45) is 0 Å². The van der Waals surface area contributed by atoms with Gasteiger partial charge in [-0.2, -0.15) is 0 Å². The number of aromatic hydroxyl groups is 1. The molecule has 4 aromatic rings. The van der Waals surface area contributed by atoms with E-state index in [0.29, 0.717) is 0 Å². The molecule has 0 saturated carbocycles. The van der Waals surface area contributed by atoms with Gasteiger partial charge in [0.25, 0.3) is 0 Å². The Bertz CT molecular complexity index is 1000. The van der Waals surface area contributed by atoms with Crippen molar-refractivity contribution in [3.05, 3.63) is 50.9 Å². The van der Waals surface area contributed by atoms with Crippen LogP contribution in [0.2, 0.25) is 0 Å². The minimum atomic E-state index is 0.115. The second kappa shape index (κ2) is 4.84. The molecule has 116 valence electrons. The first-order chi connectivity index (χ1) is 10.8. The first-order valence-electron chi connectivity index (χ1n) is 7.58. The van der Waals surface area contributed by atoms with Crippen LogP contribution in [0.25, 0.3) is 32.3 Å². The van der Waals surface area contributed by atoms with Gasteiger partial charge in [0.15, 0.2) is 0 Å². The third-order valence-corrected chi connectivity index (χ3v) is 6.21. The predicted octanol–water partition coefficient (Wildman–Crippen LogP) is 7.11. The Morgan fingerprint density at radius 3 is 1.70 bits per heavy atom. The fourth-order valence-electron chi connectivity index (χ4n) is 3.32. The molecule has 0 aliphatic rings. The average Bonchev–Trinajstić information content (AvgIpc) is 2.51. The van der Waals surface area contributed by atoms with Gasteiger partial charge in [0.1, 0.15) is 5.75 Å². The highest BCUT2D eigenvalue weighted by Gasteiger charge is 2.20. The third kappa shape index (κ3) is 2.10. The molecular weight excluding hydrogens is 416 g/mol. The van der Waals surface area contributed by atoms with Gasteiger partial charge in [-0.3, -0.25) is 0 Å². The number of hydrogen-bond acceptors (Lipinski definition) is 1. The highest BCUT2D eigenvalue weighted by atomic mass is 79.9. The van der Waals surface area contributed by atoms with Crippen LogP contribution in [0.4, 0.5) is 0 Å². The Hall–Kier alpha value is -1.32. The summed E-state index contributed by atoms with van der Waals surface area (Å²) < 4.78 is 1.48. The molecule has 0 amide bonds. The summed E-state index contributed by atoms with van der Waals surface area (Å²) in [5, 5.41) is 17.4. The van der Waals surface area contributed by atoms with Crippen molar-refractivity contribution in [1.29, 1.82) is 0 Å². The number of hydrogen-bond donors (Lipinski definition) is 1. The van der Waals surface area contributed by atoms with Gasteiger partial charge in [-0.25, -0.2) is 0 Å². The molecule has 0 saturated heterocycles. The monoisotopic (exact) mass is 430 g/mol. The van der Waals surface area contributed by atoms with E-state index in [-0.39, 0.29) is 11.2 Å². The largest absolute Gasteiger partial charge is 0.506 e. The van der Waals surface area contributed by atoms with Gasteiger partial charge >= 0.3 is 0 Å². The fraction of sp³-hybridized carbons (Fsp3) is 0.200. The van der Waals surface area contributed by atoms with E-state index in [0.717, 1.165) is 19.7 Å². The second-order valence-electron chi connectivity index (χ2n) is 7.13. The van der Waals surface area contributed by atoms with Crippen LogP contribution in [-0.4, -0.2) is 5.11 Å². The maximum Gasteiger partial charge on any atom is 0.145 e. The molecule has 0 atom stereocenters. The number of halogens is 2. The van der Waals surface area contributed by atoms with E-state index < -0.39 is 0 Å². The summed E-state index contributed by atoms with van der Waals surface area (Å²) in [6.45, 7) is 6.72. The lowest BCUT2D eigenvalue weighted by Gasteiger charge is -2.22. The van der Waals surface area contributed by atoms with Crippen molar-refractivity contribution >= 4 is 64.2 Å². The molecule has 1 nitrogen and oxygen atoms in total. The van der Waals surface area contributed by atoms with Crippen LogP contribution in [0, 0.1) is 0 Å². The fourth-order valence-corrected chi connectivity index (χ4v) is 4.64. The quantitative estimate of drug-likeness (QED) is 0.294. The summed E-state index contributed by atoms with van der Waals surface area (Å²) in [6, 6.07) is 13.1. The minimum Gasteiger partial charge on any atom is -0.506 e. The molecule has 0 bridgehead atoms. The van der Waals surface area contributed by atoms with Gasteiger partial charge in [-0.15, -0.1) is 0 Å². The summed E-state index contributed by atoms with van der Waals surface area (Å²) in [5.41, 5.74) is 1.45. The summed E-state index contributed by atoms with van der Waals surface area (Å²) in [7, 11) is 0. The van der Waals surface area contributed by atoms with Crippen LogP contribution in [0.5, 0.6) is 5.75 Å². The maximum atomic E-state index is 10.3. The molecule has 0 aromatic heterocycles. The van der Waals surface area contributed by atoms with Gasteiger partial charge in [0.2, 0.25) is 0 Å². The zero-order valence-electron chi connectivity index (χ0n) is 13.2. The lowest BCUT2D eigenvalue weighted by atomic mass is 9.83. The van der Waals surface area contributed by atoms with Gasteiger partial charge in [0, 0.05) is 10.8 Å². The van der Waals surface area contributed by atoms with Crippen molar-refractivity contribution < 1.29 is 5.11 Å². The molecule has 0 aliphatic heterocycles. The van der Waals surface area contributed by atoms with E-state index in [2.05, 4.69) is 89.0 Å². The first kappa shape index (κ1) is 15.2. The molecule has 0 unspecified atom stereocenters. The lowest BCUT2D eigenvalue weighted by Crippen LogP contribution is -2.10. The molecule has 4 aromatic carbocycles. The van der Waals surface area contributed by atoms with E-state index in [1.165, 1.54) is 27.1 Å². The summed E-state index contributed by atoms with van der Waals surface area (Å²) in [4.78, 5) is 0. The molecule has 0 radical (unpaired) electrons. The van der Waals surface area contributed by atoms with E-state index in [1.54, 1.807) is 0 Å². The first-order valence-corrected chi connectivity index (χ1v) is 9.16. The van der Waals surface area contributed by atoms with Gasteiger partial charge in [-0.05, 0) is 64.4 Å². The topological polar surface area (TPSA) is 20.2 Å². The minimum absolute atomic E-state index is 0.115. The summed E-state index contributed by atoms with van der Waals surface area (Å²) in [5.74, 6) is 0.256. The molecule has 0 aliphatic carbocycles. The summed E-state index contributed by atoms with van der Waals surface area (Å²) in [6.07, 6.45) is 0. The standard InChI is InChI=1S/C20H16Br2O/c1-20(2,3)12-8-10-4-6-13-16-14(18(22)19(23)17(13)21)7-5-11(9-12)15(10)16/h4-9,23H,1-3H3. The normalized spacial score (nSPS) is 12.7. The van der Waals surface area contributed by atoms with Crippen LogP contribution in [0.3, 0.4) is 0 Å². The van der Waals surface area contributed by atoms with E-state index in [4.69, 9.17) is 0 Å². The van der Waals surface area contributed by atoms with E-state index in [1.807, 2.05) is 0 Å². The van der Waals surface area contributed by atoms with Crippen molar-refractivity contribution in [3.8, 4) is 5.75 Å². The second-order valence-corrected chi connectivity index (χ2v) is 8.71. The van der Waals surface area contributed by atoms with Gasteiger partial charge in [0.05, 0.1) is 8.95 Å². The molecule has 0 heterocycles. The predicted molar refractivity (Wildman–Crippen MR) is 106 cm³/mol. The van der Waals surface area contributed by atoms with Gasteiger partial charge in [-0.1, -0.05) is 57.2 Å². The van der Waals surface area contributed by atoms with Crippen molar-refractivity contribution in [2.75, 3.05) is 0 Å². The van der Waals surface area contributed by atoms with Crippen LogP contribution in [0.1, 0.15) is 26.3 Å². The highest BCUT2D eigenvalue weighted by Crippen LogP contribution is 2.47. The Morgan fingerprint density at radius 1 is 0.783 bits per heavy atom. The summed E-state index contributed by atoms with van der Waals surface area (Å²) >= 11 is 7.08. The molecular formula is C20H16Br2O. The molecule has 4 rings (SSSR count). The zero-order chi connectivity index (χ0) is 16.5. The molecule has 0 fully saturated rings. The van der Waals surface area contributed by atoms with Crippen molar-refractivity contribution in [1.82, 2.24) is 0 Å². The zero-order valence-corrected chi connectivity index (χ0v) is 16.3. The number of phenols is 1. The average molecular weight is 432 g/mol. The number of benzene rings is 4. The van der Waals surface area contributed by atoms with Crippen molar-refractivity contribution in [3.63, 3.8) is 0 Å².